The normalized spacial score (nSPS) is 16.9. The van der Waals surface area contributed by atoms with Crippen LogP contribution in [0.3, 0.4) is 0 Å². The van der Waals surface area contributed by atoms with Crippen molar-refractivity contribution in [3.05, 3.63) is 35.9 Å². The van der Waals surface area contributed by atoms with Gasteiger partial charge in [0, 0.05) is 19.6 Å². The molecular formula is C16H24N2O. The van der Waals surface area contributed by atoms with Gasteiger partial charge in [-0.3, -0.25) is 9.69 Å². The van der Waals surface area contributed by atoms with Gasteiger partial charge in [0.25, 0.3) is 0 Å². The molecule has 1 aromatic rings. The number of piperidine rings is 1. The first-order valence-electron chi connectivity index (χ1n) is 7.15. The molecule has 1 aromatic carbocycles. The van der Waals surface area contributed by atoms with Crippen LogP contribution in [0.25, 0.3) is 0 Å². The van der Waals surface area contributed by atoms with Gasteiger partial charge in [-0.25, -0.2) is 0 Å². The van der Waals surface area contributed by atoms with E-state index < -0.39 is 0 Å². The lowest BCUT2D eigenvalue weighted by Crippen LogP contribution is -2.42. The fraction of sp³-hybridized carbons (Fsp3) is 0.562. The molecule has 1 saturated heterocycles. The van der Waals surface area contributed by atoms with Crippen LogP contribution in [0.15, 0.2) is 30.3 Å². The summed E-state index contributed by atoms with van der Waals surface area (Å²) in [5.74, 6) is 1.04. The van der Waals surface area contributed by atoms with Crippen LogP contribution in [-0.4, -0.2) is 42.4 Å². The number of rotatable bonds is 4. The maximum absolute atomic E-state index is 12.2. The summed E-state index contributed by atoms with van der Waals surface area (Å²) in [7, 11) is 2.01. The smallest absolute Gasteiger partial charge is 0.236 e. The number of benzene rings is 1. The van der Waals surface area contributed by atoms with Gasteiger partial charge >= 0.3 is 0 Å². The molecule has 0 bridgehead atoms. The van der Waals surface area contributed by atoms with E-state index in [0.717, 1.165) is 38.4 Å². The fourth-order valence-corrected chi connectivity index (χ4v) is 2.54. The van der Waals surface area contributed by atoms with Crippen molar-refractivity contribution >= 4 is 5.91 Å². The Hall–Kier alpha value is -1.35. The first-order chi connectivity index (χ1) is 9.15. The predicted octanol–water partition coefficient (Wildman–Crippen LogP) is 2.38. The molecule has 1 aliphatic rings. The van der Waals surface area contributed by atoms with Crippen molar-refractivity contribution in [3.63, 3.8) is 0 Å². The summed E-state index contributed by atoms with van der Waals surface area (Å²) in [6, 6.07) is 10.3. The van der Waals surface area contributed by atoms with Crippen molar-refractivity contribution < 1.29 is 4.79 Å². The van der Waals surface area contributed by atoms with Crippen molar-refractivity contribution in [2.45, 2.75) is 26.3 Å². The topological polar surface area (TPSA) is 23.6 Å². The van der Waals surface area contributed by atoms with Gasteiger partial charge in [0.2, 0.25) is 5.91 Å². The summed E-state index contributed by atoms with van der Waals surface area (Å²) in [5, 5.41) is 0. The van der Waals surface area contributed by atoms with Crippen molar-refractivity contribution in [3.8, 4) is 0 Å². The van der Waals surface area contributed by atoms with E-state index in [1.54, 1.807) is 0 Å². The predicted molar refractivity (Wildman–Crippen MR) is 77.8 cm³/mol. The molecule has 0 radical (unpaired) electrons. The largest absolute Gasteiger partial charge is 0.342 e. The minimum atomic E-state index is 0.269. The molecule has 1 heterocycles. The van der Waals surface area contributed by atoms with Crippen molar-refractivity contribution in [1.29, 1.82) is 0 Å². The van der Waals surface area contributed by atoms with E-state index in [-0.39, 0.29) is 5.91 Å². The lowest BCUT2D eigenvalue weighted by Gasteiger charge is -2.31. The zero-order valence-electron chi connectivity index (χ0n) is 12.0. The van der Waals surface area contributed by atoms with Gasteiger partial charge in [-0.1, -0.05) is 37.3 Å². The number of carbonyl (C=O) groups excluding carboxylic acids is 1. The monoisotopic (exact) mass is 260 g/mol. The number of carbonyl (C=O) groups is 1. The number of hydrogen-bond donors (Lipinski definition) is 0. The third kappa shape index (κ3) is 4.35. The molecule has 0 spiro atoms. The molecule has 3 nitrogen and oxygen atoms in total. The van der Waals surface area contributed by atoms with E-state index in [9.17, 15) is 4.79 Å². The molecule has 19 heavy (non-hydrogen) atoms. The molecule has 0 unspecified atom stereocenters. The summed E-state index contributed by atoms with van der Waals surface area (Å²) >= 11 is 0. The SMILES string of the molecule is CC1CCN(C(=O)CN(C)Cc2ccccc2)CC1. The van der Waals surface area contributed by atoms with Gasteiger partial charge in [-0.15, -0.1) is 0 Å². The van der Waals surface area contributed by atoms with Crippen LogP contribution in [0.1, 0.15) is 25.3 Å². The Bertz CT molecular complexity index is 396. The van der Waals surface area contributed by atoms with Crippen LogP contribution >= 0.6 is 0 Å². The van der Waals surface area contributed by atoms with Crippen molar-refractivity contribution in [2.24, 2.45) is 5.92 Å². The van der Waals surface area contributed by atoms with Gasteiger partial charge in [0.1, 0.15) is 0 Å². The van der Waals surface area contributed by atoms with Crippen LogP contribution < -0.4 is 0 Å². The molecule has 104 valence electrons. The van der Waals surface area contributed by atoms with E-state index in [2.05, 4.69) is 24.0 Å². The zero-order chi connectivity index (χ0) is 13.7. The molecule has 0 saturated carbocycles. The molecule has 0 atom stereocenters. The summed E-state index contributed by atoms with van der Waals surface area (Å²) in [4.78, 5) is 16.3. The highest BCUT2D eigenvalue weighted by atomic mass is 16.2. The number of likely N-dealkylation sites (N-methyl/N-ethyl adjacent to an activating group) is 1. The Morgan fingerprint density at radius 2 is 1.89 bits per heavy atom. The fourth-order valence-electron chi connectivity index (χ4n) is 2.54. The molecule has 3 heteroatoms. The standard InChI is InChI=1S/C16H24N2O/c1-14-8-10-18(11-9-14)16(19)13-17(2)12-15-6-4-3-5-7-15/h3-7,14H,8-13H2,1-2H3. The Balaban J connectivity index is 1.78. The Morgan fingerprint density at radius 3 is 2.53 bits per heavy atom. The zero-order valence-corrected chi connectivity index (χ0v) is 12.0. The van der Waals surface area contributed by atoms with Crippen molar-refractivity contribution in [2.75, 3.05) is 26.7 Å². The number of hydrogen-bond acceptors (Lipinski definition) is 2. The number of likely N-dealkylation sites (tertiary alicyclic amines) is 1. The molecule has 0 aliphatic carbocycles. The Morgan fingerprint density at radius 1 is 1.26 bits per heavy atom. The van der Waals surface area contributed by atoms with E-state index in [4.69, 9.17) is 0 Å². The van der Waals surface area contributed by atoms with E-state index in [1.165, 1.54) is 5.56 Å². The maximum atomic E-state index is 12.2. The van der Waals surface area contributed by atoms with Gasteiger partial charge in [0.15, 0.2) is 0 Å². The lowest BCUT2D eigenvalue weighted by atomic mass is 9.99. The second kappa shape index (κ2) is 6.71. The highest BCUT2D eigenvalue weighted by Gasteiger charge is 2.20. The summed E-state index contributed by atoms with van der Waals surface area (Å²) in [6.45, 7) is 5.47. The third-order valence-corrected chi connectivity index (χ3v) is 3.84. The second-order valence-electron chi connectivity index (χ2n) is 5.72. The maximum Gasteiger partial charge on any atom is 0.236 e. The first-order valence-corrected chi connectivity index (χ1v) is 7.15. The Kier molecular flexibility index (Phi) is 4.97. The molecule has 1 amide bonds. The summed E-state index contributed by atoms with van der Waals surface area (Å²) < 4.78 is 0. The second-order valence-corrected chi connectivity index (χ2v) is 5.72. The highest BCUT2D eigenvalue weighted by Crippen LogP contribution is 2.16. The third-order valence-electron chi connectivity index (χ3n) is 3.84. The van der Waals surface area contributed by atoms with E-state index in [1.807, 2.05) is 30.1 Å². The minimum absolute atomic E-state index is 0.269. The molecule has 0 N–H and O–H groups in total. The minimum Gasteiger partial charge on any atom is -0.342 e. The van der Waals surface area contributed by atoms with Gasteiger partial charge in [-0.05, 0) is 31.4 Å². The molecular weight excluding hydrogens is 236 g/mol. The highest BCUT2D eigenvalue weighted by molar-refractivity contribution is 5.78. The number of amides is 1. The molecule has 2 rings (SSSR count). The molecule has 1 aliphatic heterocycles. The average Bonchev–Trinajstić information content (AvgIpc) is 2.40. The van der Waals surface area contributed by atoms with Crippen LogP contribution in [0.4, 0.5) is 0 Å². The number of nitrogens with zero attached hydrogens (tertiary/aromatic N) is 2. The van der Waals surface area contributed by atoms with Crippen LogP contribution in [0, 0.1) is 5.92 Å². The summed E-state index contributed by atoms with van der Waals surface area (Å²) in [5.41, 5.74) is 1.25. The van der Waals surface area contributed by atoms with E-state index in [0.29, 0.717) is 6.54 Å². The van der Waals surface area contributed by atoms with Crippen LogP contribution in [0.2, 0.25) is 0 Å². The van der Waals surface area contributed by atoms with Gasteiger partial charge in [0.05, 0.1) is 6.54 Å². The summed E-state index contributed by atoms with van der Waals surface area (Å²) in [6.07, 6.45) is 2.29. The van der Waals surface area contributed by atoms with Crippen molar-refractivity contribution in [1.82, 2.24) is 9.80 Å². The van der Waals surface area contributed by atoms with Gasteiger partial charge in [-0.2, -0.15) is 0 Å². The molecule has 1 fully saturated rings. The molecule has 0 aromatic heterocycles. The lowest BCUT2D eigenvalue weighted by molar-refractivity contribution is -0.133. The quantitative estimate of drug-likeness (QED) is 0.830. The average molecular weight is 260 g/mol. The van der Waals surface area contributed by atoms with Gasteiger partial charge < -0.3 is 4.90 Å². The Labute approximate surface area is 116 Å². The van der Waals surface area contributed by atoms with E-state index >= 15 is 0 Å². The van der Waals surface area contributed by atoms with Crippen LogP contribution in [-0.2, 0) is 11.3 Å². The first kappa shape index (κ1) is 14.1. The van der Waals surface area contributed by atoms with Crippen LogP contribution in [0.5, 0.6) is 0 Å².